The molecule has 1 aliphatic heterocycles. The Balaban J connectivity index is 1.74. The van der Waals surface area contributed by atoms with Gasteiger partial charge in [0.05, 0.1) is 29.4 Å². The highest BCUT2D eigenvalue weighted by atomic mass is 79.9. The van der Waals surface area contributed by atoms with Crippen LogP contribution in [0.5, 0.6) is 5.75 Å². The zero-order valence-corrected chi connectivity index (χ0v) is 18.4. The summed E-state index contributed by atoms with van der Waals surface area (Å²) in [4.78, 5) is 22.3. The van der Waals surface area contributed by atoms with E-state index in [-0.39, 0.29) is 17.0 Å². The van der Waals surface area contributed by atoms with Crippen LogP contribution in [0.1, 0.15) is 6.42 Å². The first kappa shape index (κ1) is 21.5. The Hall–Kier alpha value is -2.75. The smallest absolute Gasteiger partial charge is 0.248 e. The van der Waals surface area contributed by atoms with Crippen molar-refractivity contribution < 1.29 is 18.7 Å². The number of rotatable bonds is 6. The predicted octanol–water partition coefficient (Wildman–Crippen LogP) is 5.18. The SMILES string of the molecule is O=C(/C=C/Br)Nc1cc2c(Nc3ccc(F)c(Cl)c3)ncnc2cc1O[C@H]1CCOC1. The van der Waals surface area contributed by atoms with Crippen LogP contribution in [0.2, 0.25) is 5.02 Å². The van der Waals surface area contributed by atoms with Crippen molar-refractivity contribution in [3.63, 3.8) is 0 Å². The third-order valence-corrected chi connectivity index (χ3v) is 5.13. The standard InChI is InChI=1S/C21H17BrClFN4O3/c22-5-3-20(29)28-18-8-14-17(9-19(18)31-13-4-6-30-10-13)25-11-26-21(14)27-12-1-2-16(24)15(23)7-12/h1-3,5,7-9,11,13H,4,6,10H2,(H,28,29)(H,25,26,27)/b5-3+/t13-/m0/s1. The normalized spacial score (nSPS) is 16.0. The van der Waals surface area contributed by atoms with E-state index in [0.29, 0.717) is 47.1 Å². The highest BCUT2D eigenvalue weighted by molar-refractivity contribution is 9.11. The Morgan fingerprint density at radius 2 is 2.19 bits per heavy atom. The molecule has 1 atom stereocenters. The molecule has 1 fully saturated rings. The molecule has 160 valence electrons. The second kappa shape index (κ2) is 9.59. The van der Waals surface area contributed by atoms with Crippen molar-refractivity contribution in [2.45, 2.75) is 12.5 Å². The van der Waals surface area contributed by atoms with Gasteiger partial charge >= 0.3 is 0 Å². The van der Waals surface area contributed by atoms with Crippen molar-refractivity contribution in [1.82, 2.24) is 9.97 Å². The lowest BCUT2D eigenvalue weighted by atomic mass is 10.1. The lowest BCUT2D eigenvalue weighted by Crippen LogP contribution is -2.18. The number of hydrogen-bond acceptors (Lipinski definition) is 6. The summed E-state index contributed by atoms with van der Waals surface area (Å²) in [7, 11) is 0. The molecule has 7 nitrogen and oxygen atoms in total. The number of fused-ring (bicyclic) bond motifs is 1. The Bertz CT molecular complexity index is 1150. The molecule has 2 aromatic carbocycles. The molecule has 1 aromatic heterocycles. The summed E-state index contributed by atoms with van der Waals surface area (Å²) in [6, 6.07) is 7.75. The maximum atomic E-state index is 13.5. The number of halogens is 3. The molecule has 1 aliphatic rings. The minimum Gasteiger partial charge on any atom is -0.486 e. The molecule has 0 spiro atoms. The molecule has 1 saturated heterocycles. The van der Waals surface area contributed by atoms with E-state index in [1.54, 1.807) is 18.2 Å². The molecule has 3 aromatic rings. The summed E-state index contributed by atoms with van der Waals surface area (Å²) >= 11 is 8.98. The predicted molar refractivity (Wildman–Crippen MR) is 121 cm³/mol. The average Bonchev–Trinajstić information content (AvgIpc) is 3.25. The van der Waals surface area contributed by atoms with E-state index in [0.717, 1.165) is 6.42 Å². The van der Waals surface area contributed by atoms with E-state index in [1.807, 2.05) is 0 Å². The number of nitrogens with zero attached hydrogens (tertiary/aromatic N) is 2. The zero-order chi connectivity index (χ0) is 21.8. The number of carbonyl (C=O) groups excluding carboxylic acids is 1. The highest BCUT2D eigenvalue weighted by Gasteiger charge is 2.20. The number of aromatic nitrogens is 2. The Morgan fingerprint density at radius 3 is 2.94 bits per heavy atom. The number of ether oxygens (including phenoxy) is 2. The van der Waals surface area contributed by atoms with Crippen LogP contribution in [0.15, 0.2) is 47.7 Å². The van der Waals surface area contributed by atoms with Gasteiger partial charge in [0.2, 0.25) is 5.91 Å². The summed E-state index contributed by atoms with van der Waals surface area (Å²) in [5.41, 5.74) is 1.63. The Morgan fingerprint density at radius 1 is 1.32 bits per heavy atom. The Kier molecular flexibility index (Phi) is 6.64. The van der Waals surface area contributed by atoms with Crippen LogP contribution in [0.25, 0.3) is 10.9 Å². The summed E-state index contributed by atoms with van der Waals surface area (Å²) in [5.74, 6) is 0.103. The lowest BCUT2D eigenvalue weighted by Gasteiger charge is -2.17. The topological polar surface area (TPSA) is 85.4 Å². The van der Waals surface area contributed by atoms with Crippen LogP contribution >= 0.6 is 27.5 Å². The molecule has 0 bridgehead atoms. The summed E-state index contributed by atoms with van der Waals surface area (Å²) in [5, 5.41) is 6.55. The van der Waals surface area contributed by atoms with Gasteiger partial charge in [0, 0.05) is 29.6 Å². The first-order valence-electron chi connectivity index (χ1n) is 9.36. The van der Waals surface area contributed by atoms with Gasteiger partial charge in [0.15, 0.2) is 0 Å². The molecule has 0 aliphatic carbocycles. The fourth-order valence-corrected chi connectivity index (χ4v) is 3.53. The van der Waals surface area contributed by atoms with Crippen molar-refractivity contribution in [3.8, 4) is 5.75 Å². The third kappa shape index (κ3) is 5.12. The van der Waals surface area contributed by atoms with Gasteiger partial charge in [0.1, 0.15) is 29.8 Å². The van der Waals surface area contributed by atoms with Crippen molar-refractivity contribution in [2.24, 2.45) is 0 Å². The molecular weight excluding hydrogens is 491 g/mol. The quantitative estimate of drug-likeness (QED) is 0.447. The minimum atomic E-state index is -0.512. The van der Waals surface area contributed by atoms with Gasteiger partial charge in [-0.2, -0.15) is 0 Å². The molecule has 31 heavy (non-hydrogen) atoms. The number of benzene rings is 2. The molecule has 0 unspecified atom stereocenters. The molecule has 1 amide bonds. The van der Waals surface area contributed by atoms with Crippen LogP contribution in [-0.4, -0.2) is 35.2 Å². The second-order valence-electron chi connectivity index (χ2n) is 6.73. The molecule has 2 heterocycles. The highest BCUT2D eigenvalue weighted by Crippen LogP contribution is 2.35. The lowest BCUT2D eigenvalue weighted by molar-refractivity contribution is -0.111. The van der Waals surface area contributed by atoms with Gasteiger partial charge in [-0.15, -0.1) is 0 Å². The molecule has 0 saturated carbocycles. The van der Waals surface area contributed by atoms with Crippen LogP contribution in [0.4, 0.5) is 21.6 Å². The number of hydrogen-bond donors (Lipinski definition) is 2. The monoisotopic (exact) mass is 506 g/mol. The van der Waals surface area contributed by atoms with Crippen LogP contribution in [0, 0.1) is 5.82 Å². The van der Waals surface area contributed by atoms with E-state index in [2.05, 4.69) is 36.5 Å². The number of amides is 1. The van der Waals surface area contributed by atoms with Crippen LogP contribution < -0.4 is 15.4 Å². The third-order valence-electron chi connectivity index (χ3n) is 4.57. The first-order chi connectivity index (χ1) is 15.0. The van der Waals surface area contributed by atoms with Crippen molar-refractivity contribution in [2.75, 3.05) is 23.8 Å². The largest absolute Gasteiger partial charge is 0.486 e. The molecule has 0 radical (unpaired) electrons. The number of anilines is 3. The van der Waals surface area contributed by atoms with E-state index < -0.39 is 5.82 Å². The van der Waals surface area contributed by atoms with E-state index in [9.17, 15) is 9.18 Å². The van der Waals surface area contributed by atoms with Crippen molar-refractivity contribution in [3.05, 3.63) is 58.6 Å². The van der Waals surface area contributed by atoms with Gasteiger partial charge in [-0.1, -0.05) is 27.5 Å². The molecule has 4 rings (SSSR count). The molecular formula is C21H17BrClFN4O3. The van der Waals surface area contributed by atoms with Gasteiger partial charge < -0.3 is 20.1 Å². The second-order valence-corrected chi connectivity index (χ2v) is 7.66. The van der Waals surface area contributed by atoms with Gasteiger partial charge in [-0.3, -0.25) is 4.79 Å². The Labute approximate surface area is 190 Å². The van der Waals surface area contributed by atoms with Crippen molar-refractivity contribution >= 4 is 61.5 Å². The zero-order valence-electron chi connectivity index (χ0n) is 16.1. The van der Waals surface area contributed by atoms with Gasteiger partial charge in [-0.05, 0) is 29.3 Å². The van der Waals surface area contributed by atoms with Crippen molar-refractivity contribution in [1.29, 1.82) is 0 Å². The maximum absolute atomic E-state index is 13.5. The van der Waals surface area contributed by atoms with Gasteiger partial charge in [0.25, 0.3) is 0 Å². The fraction of sp³-hybridized carbons (Fsp3) is 0.190. The average molecular weight is 508 g/mol. The molecule has 10 heteroatoms. The molecule has 2 N–H and O–H groups in total. The first-order valence-corrected chi connectivity index (χ1v) is 10.7. The minimum absolute atomic E-state index is 0.00709. The van der Waals surface area contributed by atoms with Crippen LogP contribution in [0.3, 0.4) is 0 Å². The van der Waals surface area contributed by atoms with E-state index in [4.69, 9.17) is 21.1 Å². The van der Waals surface area contributed by atoms with Crippen LogP contribution in [-0.2, 0) is 9.53 Å². The van der Waals surface area contributed by atoms with E-state index >= 15 is 0 Å². The number of carbonyl (C=O) groups is 1. The van der Waals surface area contributed by atoms with E-state index in [1.165, 1.54) is 29.5 Å². The maximum Gasteiger partial charge on any atom is 0.248 e. The summed E-state index contributed by atoms with van der Waals surface area (Å²) in [6.07, 6.45) is 3.40. The fourth-order valence-electron chi connectivity index (χ4n) is 3.11. The number of nitrogens with one attached hydrogen (secondary N) is 2. The summed E-state index contributed by atoms with van der Waals surface area (Å²) < 4.78 is 24.9. The van der Waals surface area contributed by atoms with Gasteiger partial charge in [-0.25, -0.2) is 14.4 Å². The summed E-state index contributed by atoms with van der Waals surface area (Å²) in [6.45, 7) is 1.11.